The highest BCUT2D eigenvalue weighted by atomic mass is 16.5. The van der Waals surface area contributed by atoms with E-state index in [1.165, 1.54) is 25.7 Å². The zero-order chi connectivity index (χ0) is 17.1. The van der Waals surface area contributed by atoms with Crippen molar-refractivity contribution in [1.29, 1.82) is 0 Å². The minimum Gasteiger partial charge on any atom is -0.472 e. The Morgan fingerprint density at radius 3 is 2.68 bits per heavy atom. The van der Waals surface area contributed by atoms with Gasteiger partial charge in [0.05, 0.1) is 6.54 Å². The summed E-state index contributed by atoms with van der Waals surface area (Å²) in [5, 5.41) is 3.15. The van der Waals surface area contributed by atoms with Gasteiger partial charge in [0, 0.05) is 38.2 Å². The fourth-order valence-electron chi connectivity index (χ4n) is 4.03. The van der Waals surface area contributed by atoms with Gasteiger partial charge < -0.3 is 19.9 Å². The number of likely N-dealkylation sites (tertiary alicyclic amines) is 1. The maximum absolute atomic E-state index is 12.4. The Morgan fingerprint density at radius 1 is 1.08 bits per heavy atom. The zero-order valence-corrected chi connectivity index (χ0v) is 14.7. The van der Waals surface area contributed by atoms with Gasteiger partial charge in [-0.05, 0) is 25.7 Å². The number of amides is 2. The third kappa shape index (κ3) is 3.96. The van der Waals surface area contributed by atoms with E-state index in [2.05, 4.69) is 20.2 Å². The van der Waals surface area contributed by atoms with E-state index < -0.39 is 0 Å². The average molecular weight is 345 g/mol. The highest BCUT2D eigenvalue weighted by Gasteiger charge is 2.29. The molecule has 1 saturated carbocycles. The molecule has 1 aliphatic carbocycles. The van der Waals surface area contributed by atoms with Crippen LogP contribution in [0.15, 0.2) is 12.4 Å². The summed E-state index contributed by atoms with van der Waals surface area (Å²) in [6.07, 6.45) is 9.54. The van der Waals surface area contributed by atoms with E-state index in [9.17, 15) is 4.79 Å². The fourth-order valence-corrected chi connectivity index (χ4v) is 4.03. The number of aromatic nitrogens is 2. The number of nitrogens with one attached hydrogen (secondary N) is 1. The van der Waals surface area contributed by atoms with Crippen LogP contribution < -0.4 is 15.0 Å². The third-order valence-electron chi connectivity index (χ3n) is 5.46. The molecular weight excluding hydrogens is 318 g/mol. The van der Waals surface area contributed by atoms with Gasteiger partial charge in [-0.3, -0.25) is 0 Å². The van der Waals surface area contributed by atoms with Crippen LogP contribution in [-0.2, 0) is 0 Å². The molecule has 0 spiro atoms. The number of hydrogen-bond donors (Lipinski definition) is 1. The fraction of sp³-hybridized carbons (Fsp3) is 0.722. The van der Waals surface area contributed by atoms with E-state index in [1.807, 2.05) is 11.0 Å². The van der Waals surface area contributed by atoms with Crippen molar-refractivity contribution >= 4 is 11.8 Å². The number of nitrogens with zero attached hydrogens (tertiary/aromatic N) is 4. The number of urea groups is 1. The summed E-state index contributed by atoms with van der Waals surface area (Å²) in [7, 11) is 0. The standard InChI is InChI=1S/C18H27N5O2/c24-18(21-14-5-1-2-6-14)23-10-7-15(12-23)25-17-11-16(19-13-20-17)22-8-3-4-9-22/h11,13-15H,1-10,12H2,(H,21,24). The van der Waals surface area contributed by atoms with Gasteiger partial charge in [-0.2, -0.15) is 0 Å². The monoisotopic (exact) mass is 345 g/mol. The quantitative estimate of drug-likeness (QED) is 0.906. The molecule has 3 aliphatic rings. The lowest BCUT2D eigenvalue weighted by Crippen LogP contribution is -2.43. The maximum atomic E-state index is 12.4. The van der Waals surface area contributed by atoms with Crippen molar-refractivity contribution in [3.05, 3.63) is 12.4 Å². The lowest BCUT2D eigenvalue weighted by Gasteiger charge is -2.21. The maximum Gasteiger partial charge on any atom is 0.317 e. The van der Waals surface area contributed by atoms with Gasteiger partial charge in [0.25, 0.3) is 0 Å². The molecule has 0 bridgehead atoms. The second kappa shape index (κ2) is 7.45. The van der Waals surface area contributed by atoms with Crippen LogP contribution in [0.4, 0.5) is 10.6 Å². The average Bonchev–Trinajstić information content (AvgIpc) is 3.38. The zero-order valence-electron chi connectivity index (χ0n) is 14.7. The van der Waals surface area contributed by atoms with E-state index in [0.29, 0.717) is 18.5 Å². The molecule has 2 aliphatic heterocycles. The van der Waals surface area contributed by atoms with Crippen molar-refractivity contribution in [2.24, 2.45) is 0 Å². The smallest absolute Gasteiger partial charge is 0.317 e. The lowest BCUT2D eigenvalue weighted by molar-refractivity contribution is 0.181. The molecule has 1 aromatic rings. The number of hydrogen-bond acceptors (Lipinski definition) is 5. The van der Waals surface area contributed by atoms with Gasteiger partial charge in [0.15, 0.2) is 0 Å². The first kappa shape index (κ1) is 16.4. The van der Waals surface area contributed by atoms with Crippen molar-refractivity contribution in [3.63, 3.8) is 0 Å². The Balaban J connectivity index is 1.30. The number of rotatable bonds is 4. The molecule has 7 heteroatoms. The summed E-state index contributed by atoms with van der Waals surface area (Å²) in [6.45, 7) is 3.47. The first-order valence-corrected chi connectivity index (χ1v) is 9.57. The van der Waals surface area contributed by atoms with Gasteiger partial charge in [-0.15, -0.1) is 0 Å². The SMILES string of the molecule is O=C(NC1CCCC1)N1CCC(Oc2cc(N3CCCC3)ncn2)C1. The van der Waals surface area contributed by atoms with E-state index in [0.717, 1.165) is 44.7 Å². The van der Waals surface area contributed by atoms with E-state index in [1.54, 1.807) is 6.33 Å². The van der Waals surface area contributed by atoms with Crippen LogP contribution >= 0.6 is 0 Å². The summed E-state index contributed by atoms with van der Waals surface area (Å²) >= 11 is 0. The van der Waals surface area contributed by atoms with Gasteiger partial charge in [0.2, 0.25) is 5.88 Å². The van der Waals surface area contributed by atoms with Crippen LogP contribution in [0.25, 0.3) is 0 Å². The van der Waals surface area contributed by atoms with Gasteiger partial charge in [0.1, 0.15) is 18.2 Å². The molecule has 1 unspecified atom stereocenters. The number of carbonyl (C=O) groups excluding carboxylic acids is 1. The molecule has 25 heavy (non-hydrogen) atoms. The number of anilines is 1. The first-order valence-electron chi connectivity index (χ1n) is 9.57. The molecule has 1 aromatic heterocycles. The summed E-state index contributed by atoms with van der Waals surface area (Å²) in [4.78, 5) is 25.1. The molecule has 0 radical (unpaired) electrons. The van der Waals surface area contributed by atoms with Crippen LogP contribution in [-0.4, -0.2) is 59.2 Å². The van der Waals surface area contributed by atoms with Crippen molar-refractivity contribution in [3.8, 4) is 5.88 Å². The molecule has 136 valence electrons. The van der Waals surface area contributed by atoms with E-state index >= 15 is 0 Å². The first-order chi connectivity index (χ1) is 12.3. The van der Waals surface area contributed by atoms with Crippen LogP contribution in [0.2, 0.25) is 0 Å². The Morgan fingerprint density at radius 2 is 1.88 bits per heavy atom. The Hall–Kier alpha value is -2.05. The van der Waals surface area contributed by atoms with Crippen molar-refractivity contribution in [2.75, 3.05) is 31.1 Å². The molecule has 1 atom stereocenters. The lowest BCUT2D eigenvalue weighted by atomic mass is 10.2. The molecule has 0 aromatic carbocycles. The van der Waals surface area contributed by atoms with Gasteiger partial charge in [-0.25, -0.2) is 14.8 Å². The Kier molecular flexibility index (Phi) is 4.90. The minimum atomic E-state index is 0.00987. The van der Waals surface area contributed by atoms with E-state index in [-0.39, 0.29) is 12.1 Å². The molecule has 2 saturated heterocycles. The van der Waals surface area contributed by atoms with Crippen LogP contribution in [0, 0.1) is 0 Å². The molecular formula is C18H27N5O2. The normalized spacial score (nSPS) is 24.1. The highest BCUT2D eigenvalue weighted by Crippen LogP contribution is 2.23. The summed E-state index contributed by atoms with van der Waals surface area (Å²) in [6, 6.07) is 2.34. The number of ether oxygens (including phenoxy) is 1. The summed E-state index contributed by atoms with van der Waals surface area (Å²) in [5.74, 6) is 1.55. The van der Waals surface area contributed by atoms with E-state index in [4.69, 9.17) is 4.74 Å². The number of carbonyl (C=O) groups is 1. The Bertz CT molecular complexity index is 599. The molecule has 1 N–H and O–H groups in total. The van der Waals surface area contributed by atoms with Crippen molar-refractivity contribution < 1.29 is 9.53 Å². The molecule has 3 heterocycles. The van der Waals surface area contributed by atoms with Crippen LogP contribution in [0.1, 0.15) is 44.9 Å². The van der Waals surface area contributed by atoms with Crippen molar-refractivity contribution in [2.45, 2.75) is 57.1 Å². The van der Waals surface area contributed by atoms with Gasteiger partial charge >= 0.3 is 6.03 Å². The summed E-state index contributed by atoms with van der Waals surface area (Å²) < 4.78 is 6.03. The third-order valence-corrected chi connectivity index (χ3v) is 5.46. The minimum absolute atomic E-state index is 0.00987. The van der Waals surface area contributed by atoms with Gasteiger partial charge in [-0.1, -0.05) is 12.8 Å². The van der Waals surface area contributed by atoms with Crippen LogP contribution in [0.5, 0.6) is 5.88 Å². The molecule has 3 fully saturated rings. The van der Waals surface area contributed by atoms with Crippen molar-refractivity contribution in [1.82, 2.24) is 20.2 Å². The predicted molar refractivity (Wildman–Crippen MR) is 94.9 cm³/mol. The molecule has 4 rings (SSSR count). The second-order valence-electron chi connectivity index (χ2n) is 7.31. The highest BCUT2D eigenvalue weighted by molar-refractivity contribution is 5.74. The second-order valence-corrected chi connectivity index (χ2v) is 7.31. The molecule has 7 nitrogen and oxygen atoms in total. The molecule has 2 amide bonds. The topological polar surface area (TPSA) is 70.6 Å². The largest absolute Gasteiger partial charge is 0.472 e. The Labute approximate surface area is 148 Å². The van der Waals surface area contributed by atoms with Crippen LogP contribution in [0.3, 0.4) is 0 Å². The predicted octanol–water partition coefficient (Wildman–Crippen LogP) is 2.18. The summed E-state index contributed by atoms with van der Waals surface area (Å²) in [5.41, 5.74) is 0.